The number of hydrogen-bond donors (Lipinski definition) is 0. The highest BCUT2D eigenvalue weighted by molar-refractivity contribution is 5.97. The molecule has 8 rings (SSSR count). The van der Waals surface area contributed by atoms with E-state index in [1.165, 1.54) is 0 Å². The van der Waals surface area contributed by atoms with Gasteiger partial charge in [0.15, 0.2) is 23.2 Å². The summed E-state index contributed by atoms with van der Waals surface area (Å²) in [6, 6.07) is 48.0. The molecule has 1 aromatic heterocycles. The molecule has 1 aliphatic rings. The van der Waals surface area contributed by atoms with E-state index in [0.717, 1.165) is 61.4 Å². The van der Waals surface area contributed by atoms with Gasteiger partial charge in [0.25, 0.3) is 0 Å². The fourth-order valence-electron chi connectivity index (χ4n) is 6.59. The second-order valence-electron chi connectivity index (χ2n) is 12.6. The van der Waals surface area contributed by atoms with Crippen molar-refractivity contribution in [1.82, 2.24) is 15.0 Å². The fourth-order valence-corrected chi connectivity index (χ4v) is 6.59. The van der Waals surface area contributed by atoms with E-state index in [1.807, 2.05) is 135 Å². The lowest BCUT2D eigenvalue weighted by atomic mass is 9.81. The molecule has 0 N–H and O–H groups in total. The number of nitrogens with zero attached hydrogens (tertiary/aromatic N) is 5. The van der Waals surface area contributed by atoms with Crippen molar-refractivity contribution in [3.8, 4) is 79.4 Å². The Bertz CT molecular complexity index is 2440. The quantitative estimate of drug-likeness (QED) is 0.174. The molecule has 6 nitrogen and oxygen atoms in total. The molecule has 2 heterocycles. The topological polar surface area (TPSA) is 76.0 Å². The molecular formula is C44H29N5O. The first-order valence-electron chi connectivity index (χ1n) is 16.3. The van der Waals surface area contributed by atoms with Crippen LogP contribution >= 0.6 is 0 Å². The average molecular weight is 644 g/mol. The van der Waals surface area contributed by atoms with Crippen molar-refractivity contribution in [2.24, 2.45) is 0 Å². The number of nitriles is 1. The standard InChI is InChI=1S/C44H29N5O/c1-44(2)38-25-28(27-45)17-23-36(38)40-35(15-10-16-39(40)50-44)37-26-32(20-24-34(37)29-18-21-33(46-3)22-19-29)43-48-41(30-11-6-4-7-12-30)47-42(49-43)31-13-8-5-9-14-31/h4-26H,1-2H3. The van der Waals surface area contributed by atoms with Crippen molar-refractivity contribution in [2.75, 3.05) is 0 Å². The van der Waals surface area contributed by atoms with Gasteiger partial charge in [0.1, 0.15) is 11.4 Å². The van der Waals surface area contributed by atoms with Gasteiger partial charge in [-0.2, -0.15) is 5.26 Å². The Hall–Kier alpha value is -6.89. The van der Waals surface area contributed by atoms with Crippen LogP contribution in [0.3, 0.4) is 0 Å². The lowest BCUT2D eigenvalue weighted by Crippen LogP contribution is -2.29. The van der Waals surface area contributed by atoms with Gasteiger partial charge in [0, 0.05) is 27.8 Å². The summed E-state index contributed by atoms with van der Waals surface area (Å²) >= 11 is 0. The molecule has 0 aliphatic carbocycles. The highest BCUT2D eigenvalue weighted by atomic mass is 16.5. The molecule has 0 spiro atoms. The normalized spacial score (nSPS) is 12.5. The smallest absolute Gasteiger partial charge is 0.187 e. The van der Waals surface area contributed by atoms with Crippen molar-refractivity contribution in [3.05, 3.63) is 162 Å². The summed E-state index contributed by atoms with van der Waals surface area (Å²) in [4.78, 5) is 18.5. The molecule has 7 aromatic rings. The third kappa shape index (κ3) is 5.46. The summed E-state index contributed by atoms with van der Waals surface area (Å²) in [7, 11) is 0. The number of ether oxygens (including phenoxy) is 1. The Kier molecular flexibility index (Phi) is 7.48. The van der Waals surface area contributed by atoms with Crippen LogP contribution in [-0.4, -0.2) is 15.0 Å². The van der Waals surface area contributed by atoms with Crippen LogP contribution in [0.4, 0.5) is 5.69 Å². The van der Waals surface area contributed by atoms with Gasteiger partial charge in [-0.1, -0.05) is 115 Å². The summed E-state index contributed by atoms with van der Waals surface area (Å²) in [6.07, 6.45) is 0. The number of aromatic nitrogens is 3. The SMILES string of the molecule is [C-]#[N+]c1ccc(-c2ccc(-c3nc(-c4ccccc4)nc(-c4ccccc4)n3)cc2-c2cccc3c2-c2ccc(C#N)cc2C(C)(C)O3)cc1. The monoisotopic (exact) mass is 643 g/mol. The van der Waals surface area contributed by atoms with E-state index in [2.05, 4.69) is 29.1 Å². The van der Waals surface area contributed by atoms with E-state index in [0.29, 0.717) is 28.7 Å². The van der Waals surface area contributed by atoms with Gasteiger partial charge in [-0.15, -0.1) is 0 Å². The highest BCUT2D eigenvalue weighted by Gasteiger charge is 2.34. The van der Waals surface area contributed by atoms with Crippen molar-refractivity contribution in [1.29, 1.82) is 5.26 Å². The molecule has 6 aromatic carbocycles. The molecule has 0 saturated carbocycles. The minimum absolute atomic E-state index is 0.551. The van der Waals surface area contributed by atoms with E-state index in [9.17, 15) is 5.26 Å². The number of hydrogen-bond acceptors (Lipinski definition) is 5. The Morgan fingerprint density at radius 2 is 1.18 bits per heavy atom. The number of benzene rings is 6. The van der Waals surface area contributed by atoms with Crippen molar-refractivity contribution in [3.63, 3.8) is 0 Å². The molecule has 6 heteroatoms. The maximum Gasteiger partial charge on any atom is 0.187 e. The van der Waals surface area contributed by atoms with E-state index in [1.54, 1.807) is 0 Å². The molecule has 0 fully saturated rings. The molecule has 50 heavy (non-hydrogen) atoms. The average Bonchev–Trinajstić information content (AvgIpc) is 3.17. The molecular weight excluding hydrogens is 615 g/mol. The summed E-state index contributed by atoms with van der Waals surface area (Å²) in [6.45, 7) is 11.5. The maximum absolute atomic E-state index is 9.73. The Labute approximate surface area is 290 Å². The maximum atomic E-state index is 9.73. The lowest BCUT2D eigenvalue weighted by Gasteiger charge is -2.36. The minimum atomic E-state index is -0.638. The molecule has 0 radical (unpaired) electrons. The van der Waals surface area contributed by atoms with Crippen LogP contribution in [0.2, 0.25) is 0 Å². The second-order valence-corrected chi connectivity index (χ2v) is 12.6. The lowest BCUT2D eigenvalue weighted by molar-refractivity contribution is 0.106. The van der Waals surface area contributed by atoms with Crippen LogP contribution in [0.5, 0.6) is 5.75 Å². The van der Waals surface area contributed by atoms with Gasteiger partial charge >= 0.3 is 0 Å². The third-order valence-electron chi connectivity index (χ3n) is 9.03. The van der Waals surface area contributed by atoms with Crippen molar-refractivity contribution < 1.29 is 4.74 Å². The molecule has 236 valence electrons. The van der Waals surface area contributed by atoms with E-state index < -0.39 is 5.60 Å². The molecule has 0 atom stereocenters. The van der Waals surface area contributed by atoms with Gasteiger partial charge in [-0.05, 0) is 65.9 Å². The second kappa shape index (κ2) is 12.3. The van der Waals surface area contributed by atoms with Gasteiger partial charge < -0.3 is 4.74 Å². The van der Waals surface area contributed by atoms with Crippen molar-refractivity contribution >= 4 is 5.69 Å². The summed E-state index contributed by atoms with van der Waals surface area (Å²) in [5.41, 5.74) is 9.95. The molecule has 0 amide bonds. The van der Waals surface area contributed by atoms with Crippen LogP contribution < -0.4 is 4.74 Å². The first-order chi connectivity index (χ1) is 24.4. The Morgan fingerprint density at radius 1 is 0.580 bits per heavy atom. The summed E-state index contributed by atoms with van der Waals surface area (Å²) in [5.74, 6) is 2.49. The highest BCUT2D eigenvalue weighted by Crippen LogP contribution is 2.51. The zero-order valence-corrected chi connectivity index (χ0v) is 27.4. The summed E-state index contributed by atoms with van der Waals surface area (Å²) < 4.78 is 6.65. The predicted molar refractivity (Wildman–Crippen MR) is 197 cm³/mol. The summed E-state index contributed by atoms with van der Waals surface area (Å²) in [5, 5.41) is 9.73. The first-order valence-corrected chi connectivity index (χ1v) is 16.3. The van der Waals surface area contributed by atoms with Crippen molar-refractivity contribution in [2.45, 2.75) is 19.4 Å². The Morgan fingerprint density at radius 3 is 1.80 bits per heavy atom. The zero-order valence-electron chi connectivity index (χ0n) is 27.4. The number of fused-ring (bicyclic) bond motifs is 3. The third-order valence-corrected chi connectivity index (χ3v) is 9.03. The fraction of sp³-hybridized carbons (Fsp3) is 0.0682. The molecule has 0 bridgehead atoms. The van der Waals surface area contributed by atoms with Crippen LogP contribution in [0, 0.1) is 17.9 Å². The van der Waals surface area contributed by atoms with E-state index >= 15 is 0 Å². The molecule has 0 unspecified atom stereocenters. The predicted octanol–water partition coefficient (Wildman–Crippen LogP) is 10.9. The van der Waals surface area contributed by atoms with Crippen LogP contribution in [0.15, 0.2) is 140 Å². The van der Waals surface area contributed by atoms with E-state index in [-0.39, 0.29) is 0 Å². The van der Waals surface area contributed by atoms with E-state index in [4.69, 9.17) is 26.3 Å². The Balaban J connectivity index is 1.38. The number of rotatable bonds is 5. The molecule has 1 aliphatic heterocycles. The van der Waals surface area contributed by atoms with Gasteiger partial charge in [0.2, 0.25) is 0 Å². The minimum Gasteiger partial charge on any atom is -0.482 e. The zero-order chi connectivity index (χ0) is 34.2. The van der Waals surface area contributed by atoms with Crippen LogP contribution in [0.1, 0.15) is 25.0 Å². The first kappa shape index (κ1) is 30.4. The largest absolute Gasteiger partial charge is 0.482 e. The van der Waals surface area contributed by atoms with Crippen LogP contribution in [0.25, 0.3) is 72.4 Å². The van der Waals surface area contributed by atoms with Crippen LogP contribution in [-0.2, 0) is 5.60 Å². The van der Waals surface area contributed by atoms with Gasteiger partial charge in [-0.25, -0.2) is 19.8 Å². The molecule has 0 saturated heterocycles. The van der Waals surface area contributed by atoms with Gasteiger partial charge in [0.05, 0.1) is 18.2 Å². The van der Waals surface area contributed by atoms with Gasteiger partial charge in [-0.3, -0.25) is 0 Å².